The molecule has 2 nitrogen and oxygen atoms in total. The number of rotatable bonds is 13. The first-order valence-electron chi connectivity index (χ1n) is 12.7. The molecule has 1 heterocycles. The summed E-state index contributed by atoms with van der Waals surface area (Å²) in [5, 5.41) is 0. The Kier molecular flexibility index (Phi) is 9.86. The van der Waals surface area contributed by atoms with E-state index < -0.39 is 0 Å². The van der Waals surface area contributed by atoms with E-state index in [0.29, 0.717) is 0 Å². The highest BCUT2D eigenvalue weighted by Crippen LogP contribution is 2.29. The van der Waals surface area contributed by atoms with Crippen LogP contribution in [0.15, 0.2) is 30.5 Å². The largest absolute Gasteiger partial charge is 0.236 e. The fourth-order valence-corrected chi connectivity index (χ4v) is 4.76. The van der Waals surface area contributed by atoms with Gasteiger partial charge in [-0.25, -0.2) is 9.97 Å². The van der Waals surface area contributed by atoms with E-state index in [0.717, 1.165) is 23.7 Å². The smallest absolute Gasteiger partial charge is 0.159 e. The van der Waals surface area contributed by atoms with Gasteiger partial charge in [-0.2, -0.15) is 0 Å². The topological polar surface area (TPSA) is 25.8 Å². The van der Waals surface area contributed by atoms with Gasteiger partial charge in [-0.05, 0) is 49.1 Å². The molecule has 1 aromatic carbocycles. The maximum Gasteiger partial charge on any atom is 0.159 e. The van der Waals surface area contributed by atoms with Crippen molar-refractivity contribution in [1.82, 2.24) is 9.97 Å². The molecule has 0 saturated carbocycles. The summed E-state index contributed by atoms with van der Waals surface area (Å²) in [6, 6.07) is 8.92. The Balaban J connectivity index is 1.46. The minimum absolute atomic E-state index is 0.838. The van der Waals surface area contributed by atoms with E-state index in [2.05, 4.69) is 44.3 Å². The fraction of sp³-hybridized carbons (Fsp3) is 0.643. The third-order valence-electron chi connectivity index (χ3n) is 6.75. The number of aryl methyl sites for hydroxylation is 2. The molecule has 2 aromatic rings. The maximum atomic E-state index is 4.95. The Morgan fingerprint density at radius 1 is 0.833 bits per heavy atom. The molecular weight excluding hydrogens is 364 g/mol. The molecule has 0 aliphatic heterocycles. The van der Waals surface area contributed by atoms with Crippen LogP contribution in [0, 0.1) is 5.92 Å². The Bertz CT molecular complexity index is 735. The van der Waals surface area contributed by atoms with Gasteiger partial charge in [0.25, 0.3) is 0 Å². The lowest BCUT2D eigenvalue weighted by Crippen LogP contribution is -2.16. The Labute approximate surface area is 184 Å². The molecule has 2 heteroatoms. The standard InChI is InChI=1S/C28H42N2/c1-3-5-7-8-9-10-12-14-24-17-20-27-26(21-24)22-29-28(30-27)25-18-15-23(16-19-25)13-11-6-4-2/h15-16,18-19,22,24H,3-14,17,20-21H2,1-2H3. The summed E-state index contributed by atoms with van der Waals surface area (Å²) in [6.07, 6.45) is 22.0. The van der Waals surface area contributed by atoms with Crippen LogP contribution in [0.5, 0.6) is 0 Å². The molecule has 0 fully saturated rings. The van der Waals surface area contributed by atoms with Crippen LogP contribution in [0.25, 0.3) is 11.4 Å². The van der Waals surface area contributed by atoms with Crippen molar-refractivity contribution >= 4 is 0 Å². The zero-order valence-electron chi connectivity index (χ0n) is 19.5. The summed E-state index contributed by atoms with van der Waals surface area (Å²) in [4.78, 5) is 9.68. The normalized spacial score (nSPS) is 15.9. The number of nitrogens with zero attached hydrogens (tertiary/aromatic N) is 2. The van der Waals surface area contributed by atoms with E-state index in [1.165, 1.54) is 107 Å². The molecule has 3 rings (SSSR count). The molecule has 1 unspecified atom stereocenters. The van der Waals surface area contributed by atoms with Crippen LogP contribution in [0.1, 0.15) is 108 Å². The molecule has 0 radical (unpaired) electrons. The van der Waals surface area contributed by atoms with Crippen LogP contribution in [-0.4, -0.2) is 9.97 Å². The molecule has 1 atom stereocenters. The number of unbranched alkanes of at least 4 members (excludes halogenated alkanes) is 8. The number of aromatic nitrogens is 2. The second-order valence-corrected chi connectivity index (χ2v) is 9.34. The zero-order chi connectivity index (χ0) is 21.0. The van der Waals surface area contributed by atoms with E-state index >= 15 is 0 Å². The molecule has 30 heavy (non-hydrogen) atoms. The molecule has 0 saturated heterocycles. The van der Waals surface area contributed by atoms with Crippen LogP contribution in [0.3, 0.4) is 0 Å². The zero-order valence-corrected chi connectivity index (χ0v) is 19.5. The van der Waals surface area contributed by atoms with E-state index in [1.807, 2.05) is 0 Å². The minimum atomic E-state index is 0.838. The molecule has 1 aliphatic carbocycles. The van der Waals surface area contributed by atoms with Gasteiger partial charge in [0, 0.05) is 17.5 Å². The lowest BCUT2D eigenvalue weighted by Gasteiger charge is -2.24. The summed E-state index contributed by atoms with van der Waals surface area (Å²) in [7, 11) is 0. The van der Waals surface area contributed by atoms with Crippen molar-refractivity contribution in [3.63, 3.8) is 0 Å². The van der Waals surface area contributed by atoms with Crippen LogP contribution in [0.2, 0.25) is 0 Å². The monoisotopic (exact) mass is 406 g/mol. The molecule has 1 aliphatic rings. The number of hydrogen-bond acceptors (Lipinski definition) is 2. The molecule has 1 aromatic heterocycles. The molecule has 0 N–H and O–H groups in total. The van der Waals surface area contributed by atoms with Gasteiger partial charge < -0.3 is 0 Å². The lowest BCUT2D eigenvalue weighted by atomic mass is 9.84. The van der Waals surface area contributed by atoms with Crippen molar-refractivity contribution in [1.29, 1.82) is 0 Å². The van der Waals surface area contributed by atoms with Crippen LogP contribution >= 0.6 is 0 Å². The van der Waals surface area contributed by atoms with Crippen LogP contribution in [0.4, 0.5) is 0 Å². The third-order valence-corrected chi connectivity index (χ3v) is 6.75. The highest BCUT2D eigenvalue weighted by Gasteiger charge is 2.20. The van der Waals surface area contributed by atoms with E-state index in [9.17, 15) is 0 Å². The molecule has 164 valence electrons. The predicted octanol–water partition coefficient (Wildman–Crippen LogP) is 8.12. The lowest BCUT2D eigenvalue weighted by molar-refractivity contribution is 0.399. The first kappa shape index (κ1) is 23.0. The van der Waals surface area contributed by atoms with Crippen molar-refractivity contribution in [2.45, 2.75) is 110 Å². The highest BCUT2D eigenvalue weighted by molar-refractivity contribution is 5.55. The highest BCUT2D eigenvalue weighted by atomic mass is 14.9. The Morgan fingerprint density at radius 2 is 1.53 bits per heavy atom. The molecule has 0 spiro atoms. The third kappa shape index (κ3) is 7.22. The van der Waals surface area contributed by atoms with Gasteiger partial charge in [0.15, 0.2) is 5.82 Å². The first-order chi connectivity index (χ1) is 14.8. The SMILES string of the molecule is CCCCCCCCCC1CCc2nc(-c3ccc(CCCCC)cc3)ncc2C1. The van der Waals surface area contributed by atoms with Crippen molar-refractivity contribution < 1.29 is 0 Å². The van der Waals surface area contributed by atoms with E-state index in [4.69, 9.17) is 9.97 Å². The average Bonchev–Trinajstić information content (AvgIpc) is 2.79. The van der Waals surface area contributed by atoms with Crippen molar-refractivity contribution in [3.8, 4) is 11.4 Å². The van der Waals surface area contributed by atoms with Crippen molar-refractivity contribution in [2.75, 3.05) is 0 Å². The molecular formula is C28H42N2. The van der Waals surface area contributed by atoms with Gasteiger partial charge in [-0.15, -0.1) is 0 Å². The summed E-state index contributed by atoms with van der Waals surface area (Å²) in [5.41, 5.74) is 5.28. The van der Waals surface area contributed by atoms with Crippen LogP contribution in [-0.2, 0) is 19.3 Å². The summed E-state index contributed by atoms with van der Waals surface area (Å²) in [6.45, 7) is 4.55. The van der Waals surface area contributed by atoms with Crippen LogP contribution < -0.4 is 0 Å². The van der Waals surface area contributed by atoms with Crippen molar-refractivity contribution in [2.24, 2.45) is 5.92 Å². The number of hydrogen-bond donors (Lipinski definition) is 0. The number of fused-ring (bicyclic) bond motifs is 1. The van der Waals surface area contributed by atoms with Gasteiger partial charge in [0.05, 0.1) is 0 Å². The van der Waals surface area contributed by atoms with Gasteiger partial charge >= 0.3 is 0 Å². The summed E-state index contributed by atoms with van der Waals surface area (Å²) in [5.74, 6) is 1.74. The van der Waals surface area contributed by atoms with Gasteiger partial charge in [-0.1, -0.05) is 102 Å². The molecule has 0 bridgehead atoms. The average molecular weight is 407 g/mol. The minimum Gasteiger partial charge on any atom is -0.236 e. The maximum absolute atomic E-state index is 4.95. The van der Waals surface area contributed by atoms with Gasteiger partial charge in [0.2, 0.25) is 0 Å². The van der Waals surface area contributed by atoms with E-state index in [1.54, 1.807) is 0 Å². The molecule has 0 amide bonds. The van der Waals surface area contributed by atoms with Gasteiger partial charge in [-0.3, -0.25) is 0 Å². The van der Waals surface area contributed by atoms with E-state index in [-0.39, 0.29) is 0 Å². The quantitative estimate of drug-likeness (QED) is 0.314. The Hall–Kier alpha value is -1.70. The van der Waals surface area contributed by atoms with Gasteiger partial charge in [0.1, 0.15) is 0 Å². The predicted molar refractivity (Wildman–Crippen MR) is 129 cm³/mol. The Morgan fingerprint density at radius 3 is 2.30 bits per heavy atom. The summed E-state index contributed by atoms with van der Waals surface area (Å²) >= 11 is 0. The second kappa shape index (κ2) is 12.9. The fourth-order valence-electron chi connectivity index (χ4n) is 4.76. The van der Waals surface area contributed by atoms with Crippen molar-refractivity contribution in [3.05, 3.63) is 47.3 Å². The first-order valence-corrected chi connectivity index (χ1v) is 12.7. The summed E-state index contributed by atoms with van der Waals surface area (Å²) < 4.78 is 0. The second-order valence-electron chi connectivity index (χ2n) is 9.34. The number of benzene rings is 1.